The fourth-order valence-corrected chi connectivity index (χ4v) is 2.94. The first-order valence-corrected chi connectivity index (χ1v) is 7.09. The van der Waals surface area contributed by atoms with Gasteiger partial charge in [-0.05, 0) is 37.9 Å². The molecule has 1 heterocycles. The fraction of sp³-hybridized carbons (Fsp3) is 0.733. The summed E-state index contributed by atoms with van der Waals surface area (Å²) >= 11 is 0. The van der Waals surface area contributed by atoms with E-state index < -0.39 is 0 Å². The van der Waals surface area contributed by atoms with E-state index in [9.17, 15) is 0 Å². The summed E-state index contributed by atoms with van der Waals surface area (Å²) in [7, 11) is 0. The Morgan fingerprint density at radius 3 is 2.65 bits per heavy atom. The molecule has 0 bridgehead atoms. The van der Waals surface area contributed by atoms with E-state index >= 15 is 0 Å². The third-order valence-corrected chi connectivity index (χ3v) is 3.85. The average molecular weight is 235 g/mol. The number of hydrogen-bond acceptors (Lipinski definition) is 2. The topological polar surface area (TPSA) is 25.2 Å². The van der Waals surface area contributed by atoms with Gasteiger partial charge in [0, 0.05) is 0 Å². The molecule has 1 aromatic heterocycles. The van der Waals surface area contributed by atoms with Crippen LogP contribution in [0.2, 0.25) is 0 Å². The molecule has 1 N–H and O–H groups in total. The molecule has 1 aliphatic carbocycles. The second-order valence-corrected chi connectivity index (χ2v) is 5.30. The number of furan rings is 1. The van der Waals surface area contributed by atoms with Crippen LogP contribution in [0.25, 0.3) is 0 Å². The Morgan fingerprint density at radius 2 is 2.06 bits per heavy atom. The highest BCUT2D eigenvalue weighted by Crippen LogP contribution is 2.32. The molecule has 0 radical (unpaired) electrons. The minimum absolute atomic E-state index is 0.414. The molecule has 0 aliphatic heterocycles. The van der Waals surface area contributed by atoms with Gasteiger partial charge in [0.1, 0.15) is 11.5 Å². The van der Waals surface area contributed by atoms with E-state index in [4.69, 9.17) is 4.42 Å². The molecule has 1 unspecified atom stereocenters. The third-order valence-electron chi connectivity index (χ3n) is 3.85. The Hall–Kier alpha value is -0.760. The molecule has 96 valence electrons. The Bertz CT molecular complexity index is 325. The van der Waals surface area contributed by atoms with E-state index in [1.54, 1.807) is 0 Å². The van der Waals surface area contributed by atoms with Gasteiger partial charge in [-0.15, -0.1) is 0 Å². The predicted molar refractivity (Wildman–Crippen MR) is 71.1 cm³/mol. The summed E-state index contributed by atoms with van der Waals surface area (Å²) in [5.74, 6) is 3.03. The molecule has 2 rings (SSSR count). The molecule has 0 aromatic carbocycles. The van der Waals surface area contributed by atoms with Gasteiger partial charge in [0.15, 0.2) is 0 Å². The Balaban J connectivity index is 1.96. The minimum Gasteiger partial charge on any atom is -0.465 e. The molecule has 1 aliphatic rings. The minimum atomic E-state index is 0.414. The number of rotatable bonds is 5. The van der Waals surface area contributed by atoms with E-state index in [0.29, 0.717) is 6.04 Å². The molecular formula is C15H25NO. The molecule has 0 saturated heterocycles. The van der Waals surface area contributed by atoms with Crippen LogP contribution in [0.4, 0.5) is 0 Å². The second-order valence-electron chi connectivity index (χ2n) is 5.30. The van der Waals surface area contributed by atoms with Gasteiger partial charge in [-0.1, -0.05) is 39.0 Å². The number of nitrogens with one attached hydrogen (secondary N) is 1. The van der Waals surface area contributed by atoms with Crippen molar-refractivity contribution in [3.63, 3.8) is 0 Å². The van der Waals surface area contributed by atoms with Gasteiger partial charge in [0.05, 0.1) is 6.04 Å². The van der Waals surface area contributed by atoms with Gasteiger partial charge in [-0.3, -0.25) is 0 Å². The quantitative estimate of drug-likeness (QED) is 0.827. The van der Waals surface area contributed by atoms with Crippen LogP contribution < -0.4 is 5.32 Å². The van der Waals surface area contributed by atoms with E-state index in [-0.39, 0.29) is 0 Å². The summed E-state index contributed by atoms with van der Waals surface area (Å²) in [6.07, 6.45) is 8.31. The van der Waals surface area contributed by atoms with Crippen molar-refractivity contribution >= 4 is 0 Å². The third kappa shape index (κ3) is 3.60. The molecule has 1 fully saturated rings. The SMILES string of the molecule is CCNC(CC1CCCCC1)c1ccc(C)o1. The molecule has 0 amide bonds. The molecule has 2 nitrogen and oxygen atoms in total. The first-order chi connectivity index (χ1) is 8.29. The van der Waals surface area contributed by atoms with E-state index in [2.05, 4.69) is 24.4 Å². The lowest BCUT2D eigenvalue weighted by atomic mass is 9.84. The maximum atomic E-state index is 5.78. The number of aryl methyl sites for hydroxylation is 1. The van der Waals surface area contributed by atoms with E-state index in [1.807, 2.05) is 6.92 Å². The molecule has 1 saturated carbocycles. The van der Waals surface area contributed by atoms with Crippen LogP contribution in [0.5, 0.6) is 0 Å². The first kappa shape index (κ1) is 12.7. The van der Waals surface area contributed by atoms with Gasteiger partial charge >= 0.3 is 0 Å². The first-order valence-electron chi connectivity index (χ1n) is 7.09. The smallest absolute Gasteiger partial charge is 0.121 e. The Morgan fingerprint density at radius 1 is 1.29 bits per heavy atom. The van der Waals surface area contributed by atoms with Crippen molar-refractivity contribution in [2.45, 2.75) is 58.4 Å². The van der Waals surface area contributed by atoms with Gasteiger partial charge in [-0.25, -0.2) is 0 Å². The average Bonchev–Trinajstić information content (AvgIpc) is 2.77. The largest absolute Gasteiger partial charge is 0.465 e. The van der Waals surface area contributed by atoms with Crippen LogP contribution in [0, 0.1) is 12.8 Å². The lowest BCUT2D eigenvalue weighted by Crippen LogP contribution is -2.24. The van der Waals surface area contributed by atoms with E-state index in [1.165, 1.54) is 38.5 Å². The summed E-state index contributed by atoms with van der Waals surface area (Å²) in [4.78, 5) is 0. The van der Waals surface area contributed by atoms with Gasteiger partial charge in [0.25, 0.3) is 0 Å². The summed E-state index contributed by atoms with van der Waals surface area (Å²) in [5.41, 5.74) is 0. The lowest BCUT2D eigenvalue weighted by Gasteiger charge is -2.26. The van der Waals surface area contributed by atoms with Crippen molar-refractivity contribution in [1.82, 2.24) is 5.32 Å². The standard InChI is InChI=1S/C15H25NO/c1-3-16-14(15-10-9-12(2)17-15)11-13-7-5-4-6-8-13/h9-10,13-14,16H,3-8,11H2,1-2H3. The Labute approximate surface area is 105 Å². The molecule has 17 heavy (non-hydrogen) atoms. The fourth-order valence-electron chi connectivity index (χ4n) is 2.94. The molecular weight excluding hydrogens is 210 g/mol. The monoisotopic (exact) mass is 235 g/mol. The number of hydrogen-bond donors (Lipinski definition) is 1. The zero-order valence-corrected chi connectivity index (χ0v) is 11.2. The molecule has 2 heteroatoms. The maximum absolute atomic E-state index is 5.78. The maximum Gasteiger partial charge on any atom is 0.121 e. The van der Waals surface area contributed by atoms with Crippen LogP contribution in [0.1, 0.15) is 63.0 Å². The van der Waals surface area contributed by atoms with Crippen molar-refractivity contribution in [3.05, 3.63) is 23.7 Å². The summed E-state index contributed by atoms with van der Waals surface area (Å²) in [6, 6.07) is 4.61. The second kappa shape index (κ2) is 6.25. The highest BCUT2D eigenvalue weighted by atomic mass is 16.3. The summed E-state index contributed by atoms with van der Waals surface area (Å²) in [6.45, 7) is 5.20. The van der Waals surface area contributed by atoms with Crippen LogP contribution in [0.15, 0.2) is 16.5 Å². The highest BCUT2D eigenvalue weighted by molar-refractivity contribution is 5.10. The van der Waals surface area contributed by atoms with Gasteiger partial charge < -0.3 is 9.73 Å². The molecule has 1 aromatic rings. The lowest BCUT2D eigenvalue weighted by molar-refractivity contribution is 0.280. The normalized spacial score (nSPS) is 19.4. The molecule has 1 atom stereocenters. The van der Waals surface area contributed by atoms with Gasteiger partial charge in [-0.2, -0.15) is 0 Å². The van der Waals surface area contributed by atoms with Crippen molar-refractivity contribution in [2.75, 3.05) is 6.54 Å². The van der Waals surface area contributed by atoms with Crippen LogP contribution in [0.3, 0.4) is 0 Å². The van der Waals surface area contributed by atoms with Crippen molar-refractivity contribution in [3.8, 4) is 0 Å². The van der Waals surface area contributed by atoms with Crippen molar-refractivity contribution < 1.29 is 4.42 Å². The van der Waals surface area contributed by atoms with Crippen LogP contribution >= 0.6 is 0 Å². The van der Waals surface area contributed by atoms with Crippen LogP contribution in [-0.2, 0) is 0 Å². The van der Waals surface area contributed by atoms with Crippen molar-refractivity contribution in [1.29, 1.82) is 0 Å². The summed E-state index contributed by atoms with van der Waals surface area (Å²) in [5, 5.41) is 3.57. The molecule has 0 spiro atoms. The van der Waals surface area contributed by atoms with Crippen LogP contribution in [-0.4, -0.2) is 6.54 Å². The summed E-state index contributed by atoms with van der Waals surface area (Å²) < 4.78 is 5.78. The Kier molecular flexibility index (Phi) is 4.66. The van der Waals surface area contributed by atoms with E-state index in [0.717, 1.165) is 24.0 Å². The predicted octanol–water partition coefficient (Wildman–Crippen LogP) is 4.21. The van der Waals surface area contributed by atoms with Crippen molar-refractivity contribution in [2.24, 2.45) is 5.92 Å². The zero-order valence-electron chi connectivity index (χ0n) is 11.2. The van der Waals surface area contributed by atoms with Gasteiger partial charge in [0.2, 0.25) is 0 Å². The highest BCUT2D eigenvalue weighted by Gasteiger charge is 2.21. The zero-order chi connectivity index (χ0) is 12.1.